The number of nitrogens with zero attached hydrogens (tertiary/aromatic N) is 2. The van der Waals surface area contributed by atoms with Crippen LogP contribution in [0.4, 0.5) is 0 Å². The third-order valence-electron chi connectivity index (χ3n) is 3.23. The maximum absolute atomic E-state index is 12.0. The SMILES string of the molecule is CN1CCCC(N(C)C(=O)C(N)CC(N)=O)C1. The Morgan fingerprint density at radius 2 is 2.18 bits per heavy atom. The third-order valence-corrected chi connectivity index (χ3v) is 3.23. The van der Waals surface area contributed by atoms with Crippen molar-refractivity contribution in [2.45, 2.75) is 31.3 Å². The molecule has 4 N–H and O–H groups in total. The second-order valence-corrected chi connectivity index (χ2v) is 4.78. The van der Waals surface area contributed by atoms with Crippen molar-refractivity contribution < 1.29 is 9.59 Å². The molecule has 0 spiro atoms. The number of likely N-dealkylation sites (tertiary alicyclic amines) is 1. The minimum Gasteiger partial charge on any atom is -0.370 e. The Hall–Kier alpha value is -1.14. The number of rotatable bonds is 4. The summed E-state index contributed by atoms with van der Waals surface area (Å²) in [5.41, 5.74) is 10.7. The van der Waals surface area contributed by atoms with Crippen LogP contribution in [0, 0.1) is 0 Å². The molecule has 2 amide bonds. The van der Waals surface area contributed by atoms with Gasteiger partial charge in [0.25, 0.3) is 0 Å². The first kappa shape index (κ1) is 13.9. The summed E-state index contributed by atoms with van der Waals surface area (Å²) in [6.07, 6.45) is 1.96. The first-order valence-electron chi connectivity index (χ1n) is 5.91. The Balaban J connectivity index is 2.53. The van der Waals surface area contributed by atoms with Gasteiger partial charge in [-0.25, -0.2) is 0 Å². The smallest absolute Gasteiger partial charge is 0.240 e. The summed E-state index contributed by atoms with van der Waals surface area (Å²) in [6.45, 7) is 1.91. The van der Waals surface area contributed by atoms with E-state index in [1.54, 1.807) is 11.9 Å². The van der Waals surface area contributed by atoms with Crippen LogP contribution in [0.15, 0.2) is 0 Å². The summed E-state index contributed by atoms with van der Waals surface area (Å²) in [5.74, 6) is -0.746. The Labute approximate surface area is 102 Å². The molecule has 0 radical (unpaired) electrons. The van der Waals surface area contributed by atoms with Crippen molar-refractivity contribution in [1.82, 2.24) is 9.80 Å². The summed E-state index contributed by atoms with van der Waals surface area (Å²) >= 11 is 0. The van der Waals surface area contributed by atoms with Gasteiger partial charge in [-0.15, -0.1) is 0 Å². The predicted octanol–water partition coefficient (Wildman–Crippen LogP) is -1.26. The topological polar surface area (TPSA) is 92.7 Å². The number of amides is 2. The molecule has 6 nitrogen and oxygen atoms in total. The minimum absolute atomic E-state index is 0.0915. The fraction of sp³-hybridized carbons (Fsp3) is 0.818. The van der Waals surface area contributed by atoms with Crippen LogP contribution in [-0.4, -0.2) is 60.9 Å². The van der Waals surface area contributed by atoms with Crippen molar-refractivity contribution in [2.24, 2.45) is 11.5 Å². The number of carbonyl (C=O) groups excluding carboxylic acids is 2. The lowest BCUT2D eigenvalue weighted by molar-refractivity contribution is -0.136. The fourth-order valence-corrected chi connectivity index (χ4v) is 2.20. The summed E-state index contributed by atoms with van der Waals surface area (Å²) < 4.78 is 0. The van der Waals surface area contributed by atoms with Gasteiger partial charge in [-0.1, -0.05) is 0 Å². The van der Waals surface area contributed by atoms with Crippen LogP contribution in [-0.2, 0) is 9.59 Å². The molecule has 0 bridgehead atoms. The van der Waals surface area contributed by atoms with Gasteiger partial charge in [0.05, 0.1) is 12.5 Å². The van der Waals surface area contributed by atoms with Crippen LogP contribution in [0.1, 0.15) is 19.3 Å². The average molecular weight is 242 g/mol. The van der Waals surface area contributed by atoms with Crippen LogP contribution < -0.4 is 11.5 Å². The molecule has 2 unspecified atom stereocenters. The quantitative estimate of drug-likeness (QED) is 0.643. The van der Waals surface area contributed by atoms with E-state index in [9.17, 15) is 9.59 Å². The van der Waals surface area contributed by atoms with Gasteiger partial charge in [0.1, 0.15) is 0 Å². The number of piperidine rings is 1. The van der Waals surface area contributed by atoms with Crippen LogP contribution >= 0.6 is 0 Å². The van der Waals surface area contributed by atoms with E-state index in [1.807, 2.05) is 7.05 Å². The van der Waals surface area contributed by atoms with Crippen LogP contribution in [0.5, 0.6) is 0 Å². The zero-order valence-electron chi connectivity index (χ0n) is 10.6. The van der Waals surface area contributed by atoms with E-state index in [2.05, 4.69) is 4.90 Å². The highest BCUT2D eigenvalue weighted by atomic mass is 16.2. The lowest BCUT2D eigenvalue weighted by atomic mass is 10.0. The molecule has 98 valence electrons. The normalized spacial score (nSPS) is 23.1. The Morgan fingerprint density at radius 1 is 1.53 bits per heavy atom. The summed E-state index contributed by atoms with van der Waals surface area (Å²) in [5, 5.41) is 0. The maximum atomic E-state index is 12.0. The summed E-state index contributed by atoms with van der Waals surface area (Å²) in [7, 11) is 3.78. The van der Waals surface area contributed by atoms with Gasteiger partial charge in [-0.05, 0) is 26.4 Å². The highest BCUT2D eigenvalue weighted by Gasteiger charge is 2.28. The largest absolute Gasteiger partial charge is 0.370 e. The molecule has 0 saturated carbocycles. The van der Waals surface area contributed by atoms with Gasteiger partial charge in [0.15, 0.2) is 0 Å². The molecule has 0 aliphatic carbocycles. The molecule has 1 saturated heterocycles. The summed E-state index contributed by atoms with van der Waals surface area (Å²) in [4.78, 5) is 26.5. The van der Waals surface area contributed by atoms with E-state index in [1.165, 1.54) is 0 Å². The van der Waals surface area contributed by atoms with Crippen molar-refractivity contribution in [3.05, 3.63) is 0 Å². The summed E-state index contributed by atoms with van der Waals surface area (Å²) in [6, 6.07) is -0.634. The minimum atomic E-state index is -0.815. The number of carbonyl (C=O) groups is 2. The molecule has 17 heavy (non-hydrogen) atoms. The molecular formula is C11H22N4O2. The van der Waals surface area contributed by atoms with Gasteiger partial charge in [0, 0.05) is 19.6 Å². The number of hydrogen-bond donors (Lipinski definition) is 2. The molecular weight excluding hydrogens is 220 g/mol. The number of hydrogen-bond acceptors (Lipinski definition) is 4. The molecule has 2 atom stereocenters. The van der Waals surface area contributed by atoms with Crippen LogP contribution in [0.25, 0.3) is 0 Å². The molecule has 1 rings (SSSR count). The molecule has 6 heteroatoms. The van der Waals surface area contributed by atoms with Gasteiger partial charge in [-0.3, -0.25) is 9.59 Å². The van der Waals surface area contributed by atoms with E-state index in [0.29, 0.717) is 0 Å². The lowest BCUT2D eigenvalue weighted by Gasteiger charge is -2.36. The lowest BCUT2D eigenvalue weighted by Crippen LogP contribution is -2.52. The first-order chi connectivity index (χ1) is 7.91. The van der Waals surface area contributed by atoms with Crippen molar-refractivity contribution in [3.63, 3.8) is 0 Å². The van der Waals surface area contributed by atoms with E-state index < -0.39 is 11.9 Å². The Kier molecular flexibility index (Phi) is 4.89. The molecule has 1 heterocycles. The van der Waals surface area contributed by atoms with Crippen LogP contribution in [0.3, 0.4) is 0 Å². The van der Waals surface area contributed by atoms with E-state index in [4.69, 9.17) is 11.5 Å². The molecule has 0 aromatic heterocycles. The zero-order valence-corrected chi connectivity index (χ0v) is 10.6. The first-order valence-corrected chi connectivity index (χ1v) is 5.91. The highest BCUT2D eigenvalue weighted by Crippen LogP contribution is 2.14. The average Bonchev–Trinajstić information content (AvgIpc) is 2.26. The fourth-order valence-electron chi connectivity index (χ4n) is 2.20. The molecule has 1 fully saturated rings. The second-order valence-electron chi connectivity index (χ2n) is 4.78. The van der Waals surface area contributed by atoms with Crippen molar-refractivity contribution in [1.29, 1.82) is 0 Å². The van der Waals surface area contributed by atoms with Gasteiger partial charge < -0.3 is 21.3 Å². The Bertz CT molecular complexity index is 295. The monoisotopic (exact) mass is 242 g/mol. The van der Waals surface area contributed by atoms with Gasteiger partial charge in [-0.2, -0.15) is 0 Å². The van der Waals surface area contributed by atoms with Crippen molar-refractivity contribution in [3.8, 4) is 0 Å². The Morgan fingerprint density at radius 3 is 2.71 bits per heavy atom. The van der Waals surface area contributed by atoms with Gasteiger partial charge in [0.2, 0.25) is 11.8 Å². The van der Waals surface area contributed by atoms with E-state index >= 15 is 0 Å². The third kappa shape index (κ3) is 3.98. The standard InChI is InChI=1S/C11H22N4O2/c1-14-5-3-4-8(7-14)15(2)11(17)9(12)6-10(13)16/h8-9H,3-7,12H2,1-2H3,(H2,13,16). The van der Waals surface area contributed by atoms with Crippen molar-refractivity contribution in [2.75, 3.05) is 27.2 Å². The van der Waals surface area contributed by atoms with Crippen molar-refractivity contribution >= 4 is 11.8 Å². The van der Waals surface area contributed by atoms with Gasteiger partial charge >= 0.3 is 0 Å². The predicted molar refractivity (Wildman–Crippen MR) is 65.1 cm³/mol. The highest BCUT2D eigenvalue weighted by molar-refractivity contribution is 5.87. The maximum Gasteiger partial charge on any atom is 0.240 e. The zero-order chi connectivity index (χ0) is 13.0. The van der Waals surface area contributed by atoms with E-state index in [-0.39, 0.29) is 18.4 Å². The molecule has 1 aliphatic rings. The number of likely N-dealkylation sites (N-methyl/N-ethyl adjacent to an activating group) is 2. The molecule has 1 aliphatic heterocycles. The van der Waals surface area contributed by atoms with E-state index in [0.717, 1.165) is 25.9 Å². The van der Waals surface area contributed by atoms with Crippen LogP contribution in [0.2, 0.25) is 0 Å². The number of primary amides is 1. The number of nitrogens with two attached hydrogens (primary N) is 2. The molecule has 0 aromatic rings. The molecule has 0 aromatic carbocycles. The second kappa shape index (κ2) is 5.97.